The lowest BCUT2D eigenvalue weighted by Crippen LogP contribution is -2.48. The van der Waals surface area contributed by atoms with Crippen LogP contribution in [0.25, 0.3) is 0 Å². The van der Waals surface area contributed by atoms with Crippen LogP contribution in [0.3, 0.4) is 0 Å². The third-order valence-electron chi connectivity index (χ3n) is 3.69. The second-order valence-corrected chi connectivity index (χ2v) is 5.16. The van der Waals surface area contributed by atoms with Crippen molar-refractivity contribution in [3.8, 4) is 0 Å². The Hall–Kier alpha value is -0.900. The largest absolute Gasteiger partial charge is 0.323 e. The molecular formula is C15H25N3. The van der Waals surface area contributed by atoms with Gasteiger partial charge in [-0.3, -0.25) is 4.90 Å². The molecule has 3 nitrogen and oxygen atoms in total. The molecule has 1 saturated heterocycles. The van der Waals surface area contributed by atoms with E-state index in [4.69, 9.17) is 5.73 Å². The van der Waals surface area contributed by atoms with E-state index in [0.717, 1.165) is 19.6 Å². The maximum atomic E-state index is 6.26. The van der Waals surface area contributed by atoms with Gasteiger partial charge in [-0.05, 0) is 18.5 Å². The smallest absolute Gasteiger partial charge is 0.0424 e. The van der Waals surface area contributed by atoms with Crippen LogP contribution in [-0.4, -0.2) is 49.1 Å². The fourth-order valence-electron chi connectivity index (χ4n) is 2.60. The first-order chi connectivity index (χ1) is 8.79. The molecule has 18 heavy (non-hydrogen) atoms. The molecule has 1 aromatic rings. The van der Waals surface area contributed by atoms with Crippen molar-refractivity contribution in [2.24, 2.45) is 5.73 Å². The van der Waals surface area contributed by atoms with Crippen molar-refractivity contribution in [3.05, 3.63) is 35.9 Å². The summed E-state index contributed by atoms with van der Waals surface area (Å²) in [6.45, 7) is 9.14. The van der Waals surface area contributed by atoms with Crippen LogP contribution in [0.1, 0.15) is 24.9 Å². The third kappa shape index (κ3) is 3.80. The summed E-state index contributed by atoms with van der Waals surface area (Å²) < 4.78 is 0. The molecule has 1 aliphatic heterocycles. The monoisotopic (exact) mass is 247 g/mol. The average Bonchev–Trinajstić information content (AvgIpc) is 2.42. The van der Waals surface area contributed by atoms with Gasteiger partial charge < -0.3 is 10.6 Å². The number of piperazine rings is 1. The Labute approximate surface area is 111 Å². The zero-order valence-corrected chi connectivity index (χ0v) is 11.4. The van der Waals surface area contributed by atoms with Crippen molar-refractivity contribution in [2.75, 3.05) is 39.3 Å². The van der Waals surface area contributed by atoms with E-state index in [0.29, 0.717) is 0 Å². The second kappa shape index (κ2) is 6.88. The van der Waals surface area contributed by atoms with Gasteiger partial charge in [0.15, 0.2) is 0 Å². The van der Waals surface area contributed by atoms with E-state index in [1.54, 1.807) is 0 Å². The average molecular weight is 247 g/mol. The lowest BCUT2D eigenvalue weighted by atomic mass is 10.1. The van der Waals surface area contributed by atoms with Gasteiger partial charge in [0.05, 0.1) is 0 Å². The lowest BCUT2D eigenvalue weighted by Gasteiger charge is -2.35. The maximum Gasteiger partial charge on any atom is 0.0424 e. The molecule has 1 atom stereocenters. The van der Waals surface area contributed by atoms with Crippen molar-refractivity contribution < 1.29 is 0 Å². The van der Waals surface area contributed by atoms with Crippen LogP contribution in [0.2, 0.25) is 0 Å². The van der Waals surface area contributed by atoms with Crippen molar-refractivity contribution in [1.82, 2.24) is 9.80 Å². The number of hydrogen-bond acceptors (Lipinski definition) is 3. The molecule has 1 aliphatic rings. The molecule has 2 N–H and O–H groups in total. The molecule has 0 aliphatic carbocycles. The Bertz CT molecular complexity index is 331. The molecule has 3 heteroatoms. The minimum Gasteiger partial charge on any atom is -0.323 e. The van der Waals surface area contributed by atoms with E-state index in [2.05, 4.69) is 41.0 Å². The van der Waals surface area contributed by atoms with Crippen molar-refractivity contribution in [3.63, 3.8) is 0 Å². The van der Waals surface area contributed by atoms with Gasteiger partial charge in [0.25, 0.3) is 0 Å². The number of rotatable bonds is 5. The van der Waals surface area contributed by atoms with Crippen LogP contribution >= 0.6 is 0 Å². The second-order valence-electron chi connectivity index (χ2n) is 5.16. The van der Waals surface area contributed by atoms with E-state index in [9.17, 15) is 0 Å². The van der Waals surface area contributed by atoms with E-state index >= 15 is 0 Å². The van der Waals surface area contributed by atoms with Crippen molar-refractivity contribution in [2.45, 2.75) is 19.4 Å². The Morgan fingerprint density at radius 3 is 2.28 bits per heavy atom. The quantitative estimate of drug-likeness (QED) is 0.860. The Balaban J connectivity index is 1.78. The summed E-state index contributed by atoms with van der Waals surface area (Å²) in [6, 6.07) is 10.6. The molecule has 100 valence electrons. The Morgan fingerprint density at radius 1 is 1.06 bits per heavy atom. The summed E-state index contributed by atoms with van der Waals surface area (Å²) >= 11 is 0. The zero-order valence-electron chi connectivity index (χ0n) is 11.4. The fourth-order valence-corrected chi connectivity index (χ4v) is 2.60. The predicted octanol–water partition coefficient (Wildman–Crippen LogP) is 1.71. The highest BCUT2D eigenvalue weighted by Gasteiger charge is 2.18. The van der Waals surface area contributed by atoms with Crippen LogP contribution in [-0.2, 0) is 0 Å². The van der Waals surface area contributed by atoms with E-state index < -0.39 is 0 Å². The van der Waals surface area contributed by atoms with Gasteiger partial charge in [-0.1, -0.05) is 37.3 Å². The van der Waals surface area contributed by atoms with Crippen LogP contribution < -0.4 is 5.73 Å². The van der Waals surface area contributed by atoms with E-state index in [-0.39, 0.29) is 6.04 Å². The normalized spacial score (nSPS) is 19.9. The van der Waals surface area contributed by atoms with E-state index in [1.165, 1.54) is 31.6 Å². The first-order valence-corrected chi connectivity index (χ1v) is 7.05. The summed E-state index contributed by atoms with van der Waals surface area (Å²) in [5.74, 6) is 0. The van der Waals surface area contributed by atoms with Gasteiger partial charge in [0, 0.05) is 38.8 Å². The first-order valence-electron chi connectivity index (χ1n) is 7.05. The minimum absolute atomic E-state index is 0.143. The molecular weight excluding hydrogens is 222 g/mol. The van der Waals surface area contributed by atoms with Gasteiger partial charge in [-0.15, -0.1) is 0 Å². The van der Waals surface area contributed by atoms with Gasteiger partial charge in [0.1, 0.15) is 0 Å². The summed E-state index contributed by atoms with van der Waals surface area (Å²) in [7, 11) is 0. The van der Waals surface area contributed by atoms with Gasteiger partial charge in [-0.25, -0.2) is 0 Å². The van der Waals surface area contributed by atoms with Gasteiger partial charge in [0.2, 0.25) is 0 Å². The fraction of sp³-hybridized carbons (Fsp3) is 0.600. The SMILES string of the molecule is CCCN1CCN(CC(N)c2ccccc2)CC1. The molecule has 0 spiro atoms. The number of hydrogen-bond donors (Lipinski definition) is 1. The van der Waals surface area contributed by atoms with E-state index in [1.807, 2.05) is 6.07 Å². The zero-order chi connectivity index (χ0) is 12.8. The molecule has 0 radical (unpaired) electrons. The van der Waals surface area contributed by atoms with Crippen LogP contribution in [0, 0.1) is 0 Å². The molecule has 1 fully saturated rings. The Kier molecular flexibility index (Phi) is 5.17. The lowest BCUT2D eigenvalue weighted by molar-refractivity contribution is 0.127. The summed E-state index contributed by atoms with van der Waals surface area (Å²) in [5, 5.41) is 0. The van der Waals surface area contributed by atoms with Crippen molar-refractivity contribution in [1.29, 1.82) is 0 Å². The summed E-state index contributed by atoms with van der Waals surface area (Å²) in [4.78, 5) is 5.04. The van der Waals surface area contributed by atoms with Crippen LogP contribution in [0.5, 0.6) is 0 Å². The highest BCUT2D eigenvalue weighted by Crippen LogP contribution is 2.12. The molecule has 0 saturated carbocycles. The first kappa shape index (κ1) is 13.5. The standard InChI is InChI=1S/C15H25N3/c1-2-8-17-9-11-18(12-10-17)13-15(16)14-6-4-3-5-7-14/h3-7,15H,2,8-13,16H2,1H3. The predicted molar refractivity (Wildman–Crippen MR) is 76.5 cm³/mol. The van der Waals surface area contributed by atoms with Crippen molar-refractivity contribution >= 4 is 0 Å². The maximum absolute atomic E-state index is 6.26. The number of benzene rings is 1. The molecule has 0 bridgehead atoms. The topological polar surface area (TPSA) is 32.5 Å². The molecule has 1 heterocycles. The molecule has 2 rings (SSSR count). The Morgan fingerprint density at radius 2 is 1.67 bits per heavy atom. The van der Waals surface area contributed by atoms with Gasteiger partial charge >= 0.3 is 0 Å². The minimum atomic E-state index is 0.143. The highest BCUT2D eigenvalue weighted by molar-refractivity contribution is 5.18. The third-order valence-corrected chi connectivity index (χ3v) is 3.69. The van der Waals surface area contributed by atoms with Crippen LogP contribution in [0.15, 0.2) is 30.3 Å². The molecule has 1 aromatic carbocycles. The number of nitrogens with zero attached hydrogens (tertiary/aromatic N) is 2. The summed E-state index contributed by atoms with van der Waals surface area (Å²) in [6.07, 6.45) is 1.25. The molecule has 0 amide bonds. The van der Waals surface area contributed by atoms with Crippen LogP contribution in [0.4, 0.5) is 0 Å². The van der Waals surface area contributed by atoms with Gasteiger partial charge in [-0.2, -0.15) is 0 Å². The highest BCUT2D eigenvalue weighted by atomic mass is 15.3. The molecule has 1 unspecified atom stereocenters. The molecule has 0 aromatic heterocycles. The number of nitrogens with two attached hydrogens (primary N) is 1. The summed E-state index contributed by atoms with van der Waals surface area (Å²) in [5.41, 5.74) is 7.51.